The summed E-state index contributed by atoms with van der Waals surface area (Å²) in [6.07, 6.45) is 1.38. The molecule has 10 N–H and O–H groups in total. The molecule has 0 aliphatic carbocycles. The summed E-state index contributed by atoms with van der Waals surface area (Å²) in [5.74, 6) is -3.78. The van der Waals surface area contributed by atoms with Gasteiger partial charge in [0.05, 0.1) is 19.8 Å². The molecule has 0 saturated heterocycles. The lowest BCUT2D eigenvalue weighted by Gasteiger charge is -2.23. The molecule has 150 valence electrons. The third-order valence-corrected chi connectivity index (χ3v) is 3.40. The first kappa shape index (κ1) is 23.7. The number of amides is 3. The molecule has 0 saturated carbocycles. The van der Waals surface area contributed by atoms with Crippen molar-refractivity contribution < 1.29 is 34.5 Å². The van der Waals surface area contributed by atoms with Gasteiger partial charge in [-0.15, -0.1) is 0 Å². The maximum absolute atomic E-state index is 12.3. The topological polar surface area (TPSA) is 217 Å². The fraction of sp³-hybridized carbons (Fsp3) is 0.714. The van der Waals surface area contributed by atoms with Crippen LogP contribution in [0, 0.1) is 0 Å². The molecule has 0 bridgehead atoms. The Morgan fingerprint density at radius 3 is 1.81 bits per heavy atom. The molecule has 0 aromatic rings. The van der Waals surface area contributed by atoms with E-state index in [0.29, 0.717) is 19.4 Å². The molecule has 0 aromatic carbocycles. The standard InChI is InChI=1S/C14H27N5O7/c15-4-2-1-3-8(17-11(22)5-16)12(23)18-9(6-20)13(24)19-10(7-21)14(25)26/h8-10,20-21H,1-7,15-16H2,(H,17,22)(H,18,23)(H,19,24)(H,25,26). The Morgan fingerprint density at radius 2 is 1.35 bits per heavy atom. The van der Waals surface area contributed by atoms with Crippen LogP contribution < -0.4 is 27.4 Å². The number of aliphatic hydroxyl groups is 2. The van der Waals surface area contributed by atoms with Crippen LogP contribution in [0.25, 0.3) is 0 Å². The van der Waals surface area contributed by atoms with Crippen molar-refractivity contribution in [2.24, 2.45) is 11.5 Å². The predicted octanol–water partition coefficient (Wildman–Crippen LogP) is -4.40. The minimum absolute atomic E-state index is 0.239. The lowest BCUT2D eigenvalue weighted by molar-refractivity contribution is -0.143. The fourth-order valence-electron chi connectivity index (χ4n) is 1.94. The van der Waals surface area contributed by atoms with Gasteiger partial charge >= 0.3 is 5.97 Å². The summed E-state index contributed by atoms with van der Waals surface area (Å²) in [5.41, 5.74) is 10.6. The Hall–Kier alpha value is -2.28. The second-order valence-corrected chi connectivity index (χ2v) is 5.43. The smallest absolute Gasteiger partial charge is 0.328 e. The van der Waals surface area contributed by atoms with Gasteiger partial charge in [0.2, 0.25) is 17.7 Å². The summed E-state index contributed by atoms with van der Waals surface area (Å²) in [7, 11) is 0. The molecule has 0 spiro atoms. The molecule has 0 aliphatic heterocycles. The number of nitrogens with one attached hydrogen (secondary N) is 3. The number of hydrogen-bond donors (Lipinski definition) is 8. The van der Waals surface area contributed by atoms with E-state index in [0.717, 1.165) is 0 Å². The maximum Gasteiger partial charge on any atom is 0.328 e. The van der Waals surface area contributed by atoms with Gasteiger partial charge in [-0.2, -0.15) is 0 Å². The molecule has 3 atom stereocenters. The molecule has 0 fully saturated rings. The van der Waals surface area contributed by atoms with E-state index in [9.17, 15) is 24.3 Å². The van der Waals surface area contributed by atoms with Crippen LogP contribution in [-0.4, -0.2) is 83.4 Å². The summed E-state index contributed by atoms with van der Waals surface area (Å²) in [4.78, 5) is 46.5. The van der Waals surface area contributed by atoms with E-state index >= 15 is 0 Å². The van der Waals surface area contributed by atoms with E-state index in [-0.39, 0.29) is 13.0 Å². The zero-order valence-electron chi connectivity index (χ0n) is 14.3. The van der Waals surface area contributed by atoms with E-state index in [2.05, 4.69) is 10.6 Å². The van der Waals surface area contributed by atoms with Crippen molar-refractivity contribution in [2.45, 2.75) is 37.4 Å². The van der Waals surface area contributed by atoms with E-state index in [4.69, 9.17) is 21.7 Å². The number of aliphatic hydroxyl groups excluding tert-OH is 2. The summed E-state index contributed by atoms with van der Waals surface area (Å²) in [5, 5.41) is 33.6. The van der Waals surface area contributed by atoms with Gasteiger partial charge in [-0.3, -0.25) is 14.4 Å². The van der Waals surface area contributed by atoms with E-state index < -0.39 is 55.0 Å². The van der Waals surface area contributed by atoms with Crippen molar-refractivity contribution in [3.63, 3.8) is 0 Å². The van der Waals surface area contributed by atoms with E-state index in [1.807, 2.05) is 5.32 Å². The Balaban J connectivity index is 4.93. The maximum atomic E-state index is 12.3. The summed E-state index contributed by atoms with van der Waals surface area (Å²) >= 11 is 0. The molecule has 0 aromatic heterocycles. The monoisotopic (exact) mass is 377 g/mol. The van der Waals surface area contributed by atoms with Gasteiger partial charge < -0.3 is 42.7 Å². The second-order valence-electron chi connectivity index (χ2n) is 5.43. The second kappa shape index (κ2) is 13.0. The van der Waals surface area contributed by atoms with Gasteiger partial charge in [0.25, 0.3) is 0 Å². The van der Waals surface area contributed by atoms with Crippen LogP contribution >= 0.6 is 0 Å². The number of carbonyl (C=O) groups excluding carboxylic acids is 3. The van der Waals surface area contributed by atoms with E-state index in [1.54, 1.807) is 0 Å². The Kier molecular flexibility index (Phi) is 11.9. The van der Waals surface area contributed by atoms with E-state index in [1.165, 1.54) is 0 Å². The van der Waals surface area contributed by atoms with Crippen molar-refractivity contribution >= 4 is 23.7 Å². The minimum atomic E-state index is -1.58. The van der Waals surface area contributed by atoms with Crippen LogP contribution in [0.4, 0.5) is 0 Å². The molecule has 0 aliphatic rings. The van der Waals surface area contributed by atoms with Gasteiger partial charge in [0.15, 0.2) is 0 Å². The molecule has 0 radical (unpaired) electrons. The number of rotatable bonds is 13. The van der Waals surface area contributed by atoms with Gasteiger partial charge in [0, 0.05) is 0 Å². The normalized spacial score (nSPS) is 14.0. The van der Waals surface area contributed by atoms with Crippen molar-refractivity contribution in [2.75, 3.05) is 26.3 Å². The first-order chi connectivity index (χ1) is 12.3. The molecule has 12 heteroatoms. The fourth-order valence-corrected chi connectivity index (χ4v) is 1.94. The van der Waals surface area contributed by atoms with Crippen LogP contribution in [0.5, 0.6) is 0 Å². The molecule has 3 amide bonds. The number of carboxylic acid groups (broad SMARTS) is 1. The average Bonchev–Trinajstić information content (AvgIpc) is 2.62. The Labute approximate surface area is 150 Å². The van der Waals surface area contributed by atoms with Crippen LogP contribution in [0.2, 0.25) is 0 Å². The van der Waals surface area contributed by atoms with Gasteiger partial charge in [-0.05, 0) is 25.8 Å². The largest absolute Gasteiger partial charge is 0.480 e. The first-order valence-corrected chi connectivity index (χ1v) is 8.05. The first-order valence-electron chi connectivity index (χ1n) is 8.05. The van der Waals surface area contributed by atoms with Crippen molar-refractivity contribution in [3.8, 4) is 0 Å². The highest BCUT2D eigenvalue weighted by Gasteiger charge is 2.28. The van der Waals surface area contributed by atoms with Crippen molar-refractivity contribution in [1.82, 2.24) is 16.0 Å². The summed E-state index contributed by atoms with van der Waals surface area (Å²) in [6, 6.07) is -4.03. The SMILES string of the molecule is NCCCCC(NC(=O)CN)C(=O)NC(CO)C(=O)NC(CO)C(=O)O. The Bertz CT molecular complexity index is 488. The molecular weight excluding hydrogens is 350 g/mol. The number of unbranched alkanes of at least 4 members (excludes halogenated alkanes) is 1. The lowest BCUT2D eigenvalue weighted by atomic mass is 10.1. The number of aliphatic carboxylic acids is 1. The number of carbonyl (C=O) groups is 4. The third-order valence-electron chi connectivity index (χ3n) is 3.40. The van der Waals surface area contributed by atoms with Gasteiger partial charge in [0.1, 0.15) is 18.1 Å². The number of hydrogen-bond acceptors (Lipinski definition) is 8. The molecule has 3 unspecified atom stereocenters. The van der Waals surface area contributed by atoms with Gasteiger partial charge in [-0.25, -0.2) is 4.79 Å². The minimum Gasteiger partial charge on any atom is -0.480 e. The summed E-state index contributed by atoms with van der Waals surface area (Å²) in [6.45, 7) is -1.60. The molecular formula is C14H27N5O7. The highest BCUT2D eigenvalue weighted by atomic mass is 16.4. The predicted molar refractivity (Wildman–Crippen MR) is 89.6 cm³/mol. The molecule has 12 nitrogen and oxygen atoms in total. The number of nitrogens with two attached hydrogens (primary N) is 2. The quantitative estimate of drug-likeness (QED) is 0.145. The van der Waals surface area contributed by atoms with Crippen LogP contribution in [0.3, 0.4) is 0 Å². The van der Waals surface area contributed by atoms with Crippen LogP contribution in [-0.2, 0) is 19.2 Å². The highest BCUT2D eigenvalue weighted by molar-refractivity contribution is 5.93. The molecule has 0 rings (SSSR count). The van der Waals surface area contributed by atoms with Gasteiger partial charge in [-0.1, -0.05) is 0 Å². The van der Waals surface area contributed by atoms with Crippen molar-refractivity contribution in [3.05, 3.63) is 0 Å². The molecule has 26 heavy (non-hydrogen) atoms. The zero-order chi connectivity index (χ0) is 20.1. The average molecular weight is 377 g/mol. The lowest BCUT2D eigenvalue weighted by Crippen LogP contribution is -2.57. The summed E-state index contributed by atoms with van der Waals surface area (Å²) < 4.78 is 0. The highest BCUT2D eigenvalue weighted by Crippen LogP contribution is 2.02. The molecule has 0 heterocycles. The number of carboxylic acids is 1. The zero-order valence-corrected chi connectivity index (χ0v) is 14.3. The van der Waals surface area contributed by atoms with Crippen molar-refractivity contribution in [1.29, 1.82) is 0 Å². The third kappa shape index (κ3) is 8.71. The van der Waals surface area contributed by atoms with Crippen LogP contribution in [0.15, 0.2) is 0 Å². The Morgan fingerprint density at radius 1 is 0.808 bits per heavy atom. The van der Waals surface area contributed by atoms with Crippen LogP contribution in [0.1, 0.15) is 19.3 Å².